The Morgan fingerprint density at radius 2 is 1.86 bits per heavy atom. The Balaban J connectivity index is 0.981. The zero-order chi connectivity index (χ0) is 29.2. The third kappa shape index (κ3) is 6.17. The molecule has 1 atom stereocenters. The van der Waals surface area contributed by atoms with E-state index in [0.717, 1.165) is 78.5 Å². The minimum absolute atomic E-state index is 0.152. The first kappa shape index (κ1) is 27.7. The number of benzene rings is 1. The number of piperidine rings is 1. The Labute approximate surface area is 253 Å². The molecule has 0 unspecified atom stereocenters. The predicted molar refractivity (Wildman–Crippen MR) is 164 cm³/mol. The molecular weight excluding hydrogens is 562 g/mol. The molecule has 10 heteroatoms. The van der Waals surface area contributed by atoms with Crippen LogP contribution in [0.3, 0.4) is 0 Å². The fourth-order valence-electron chi connectivity index (χ4n) is 5.86. The number of likely N-dealkylation sites (tertiary alicyclic amines) is 1. The van der Waals surface area contributed by atoms with Gasteiger partial charge in [0, 0.05) is 46.4 Å². The first-order valence-corrected chi connectivity index (χ1v) is 15.6. The summed E-state index contributed by atoms with van der Waals surface area (Å²) in [7, 11) is 0. The molecule has 5 aromatic rings. The molecule has 1 aromatic carbocycles. The first-order chi connectivity index (χ1) is 21.1. The number of thiophene rings is 1. The number of imidazole rings is 1. The molecule has 0 aliphatic carbocycles. The molecule has 220 valence electrons. The van der Waals surface area contributed by atoms with Crippen LogP contribution in [0.5, 0.6) is 5.88 Å². The van der Waals surface area contributed by atoms with Crippen molar-refractivity contribution >= 4 is 28.3 Å². The van der Waals surface area contributed by atoms with Gasteiger partial charge < -0.3 is 19.1 Å². The van der Waals surface area contributed by atoms with Crippen molar-refractivity contribution in [1.82, 2.24) is 24.4 Å². The number of carboxylic acids is 1. The number of hydrogen-bond acceptors (Lipinski definition) is 8. The van der Waals surface area contributed by atoms with E-state index in [4.69, 9.17) is 19.4 Å². The molecule has 7 rings (SSSR count). The number of carboxylic acid groups (broad SMARTS) is 1. The van der Waals surface area contributed by atoms with Crippen LogP contribution in [0.4, 0.5) is 0 Å². The average molecular weight is 596 g/mol. The largest absolute Gasteiger partial charge is 0.478 e. The van der Waals surface area contributed by atoms with Crippen LogP contribution in [0.15, 0.2) is 73.1 Å². The Morgan fingerprint density at radius 3 is 2.63 bits per heavy atom. The minimum atomic E-state index is -0.928. The molecule has 1 N–H and O–H groups in total. The molecule has 0 amide bonds. The summed E-state index contributed by atoms with van der Waals surface area (Å²) < 4.78 is 14.0. The van der Waals surface area contributed by atoms with Gasteiger partial charge in [0.15, 0.2) is 0 Å². The lowest BCUT2D eigenvalue weighted by Gasteiger charge is -2.32. The fraction of sp³-hybridized carbons (Fsp3) is 0.333. The zero-order valence-electron chi connectivity index (χ0n) is 23.8. The molecule has 0 spiro atoms. The van der Waals surface area contributed by atoms with Crippen LogP contribution in [-0.2, 0) is 24.4 Å². The Bertz CT molecular complexity index is 1720. The molecule has 2 aliphatic heterocycles. The Kier molecular flexibility index (Phi) is 7.88. The van der Waals surface area contributed by atoms with Gasteiger partial charge in [-0.25, -0.2) is 14.8 Å². The first-order valence-electron chi connectivity index (χ1n) is 14.7. The lowest BCUT2D eigenvalue weighted by Crippen LogP contribution is -2.35. The highest BCUT2D eigenvalue weighted by atomic mass is 32.1. The summed E-state index contributed by atoms with van der Waals surface area (Å²) in [6.07, 6.45) is 6.80. The molecule has 2 fully saturated rings. The molecule has 2 saturated heterocycles. The number of pyridine rings is 2. The summed E-state index contributed by atoms with van der Waals surface area (Å²) in [6.45, 7) is 4.56. The molecule has 43 heavy (non-hydrogen) atoms. The van der Waals surface area contributed by atoms with Gasteiger partial charge in [0.1, 0.15) is 12.4 Å². The van der Waals surface area contributed by atoms with Crippen molar-refractivity contribution in [3.8, 4) is 16.3 Å². The van der Waals surface area contributed by atoms with Crippen molar-refractivity contribution in [3.05, 3.63) is 95.0 Å². The van der Waals surface area contributed by atoms with Gasteiger partial charge in [0.2, 0.25) is 5.88 Å². The number of aromatic carboxylic acids is 1. The monoisotopic (exact) mass is 595 g/mol. The van der Waals surface area contributed by atoms with E-state index in [2.05, 4.69) is 32.7 Å². The van der Waals surface area contributed by atoms with Gasteiger partial charge in [-0.2, -0.15) is 0 Å². The molecule has 0 saturated carbocycles. The molecule has 2 aliphatic rings. The smallest absolute Gasteiger partial charge is 0.335 e. The Morgan fingerprint density at radius 1 is 1.02 bits per heavy atom. The van der Waals surface area contributed by atoms with E-state index in [9.17, 15) is 9.90 Å². The summed E-state index contributed by atoms with van der Waals surface area (Å²) in [6, 6.07) is 19.5. The van der Waals surface area contributed by atoms with Crippen LogP contribution < -0.4 is 4.74 Å². The summed E-state index contributed by atoms with van der Waals surface area (Å²) >= 11 is 1.72. The van der Waals surface area contributed by atoms with E-state index in [1.807, 2.05) is 42.7 Å². The van der Waals surface area contributed by atoms with Gasteiger partial charge in [-0.05, 0) is 86.4 Å². The van der Waals surface area contributed by atoms with Crippen LogP contribution in [0.1, 0.15) is 51.9 Å². The van der Waals surface area contributed by atoms with E-state index in [-0.39, 0.29) is 11.7 Å². The van der Waals surface area contributed by atoms with Gasteiger partial charge in [-0.15, -0.1) is 11.3 Å². The predicted octanol–water partition coefficient (Wildman–Crippen LogP) is 6.00. The average Bonchev–Trinajstić information content (AvgIpc) is 3.63. The molecule has 4 aromatic heterocycles. The number of nitrogens with zero attached hydrogens (tertiary/aromatic N) is 5. The van der Waals surface area contributed by atoms with Gasteiger partial charge in [-0.3, -0.25) is 9.88 Å². The summed E-state index contributed by atoms with van der Waals surface area (Å²) in [5.74, 6) is 1.06. The third-order valence-corrected chi connectivity index (χ3v) is 9.47. The number of carbonyl (C=O) groups is 1. The van der Waals surface area contributed by atoms with Crippen LogP contribution in [0.25, 0.3) is 21.5 Å². The highest BCUT2D eigenvalue weighted by molar-refractivity contribution is 7.15. The van der Waals surface area contributed by atoms with Crippen molar-refractivity contribution in [3.63, 3.8) is 0 Å². The maximum atomic E-state index is 11.6. The van der Waals surface area contributed by atoms with E-state index in [1.54, 1.807) is 23.5 Å². The number of hydrogen-bond donors (Lipinski definition) is 1. The molecule has 9 nitrogen and oxygen atoms in total. The second-order valence-corrected chi connectivity index (χ2v) is 12.3. The van der Waals surface area contributed by atoms with Crippen LogP contribution in [0, 0.1) is 0 Å². The minimum Gasteiger partial charge on any atom is -0.478 e. The third-order valence-electron chi connectivity index (χ3n) is 8.36. The second-order valence-electron chi connectivity index (χ2n) is 11.2. The van der Waals surface area contributed by atoms with Gasteiger partial charge in [-0.1, -0.05) is 6.07 Å². The number of ether oxygens (including phenoxy) is 2. The van der Waals surface area contributed by atoms with E-state index in [0.29, 0.717) is 24.9 Å². The van der Waals surface area contributed by atoms with E-state index < -0.39 is 5.97 Å². The number of fused-ring (bicyclic) bond motifs is 1. The summed E-state index contributed by atoms with van der Waals surface area (Å²) in [5, 5.41) is 9.52. The van der Waals surface area contributed by atoms with E-state index in [1.165, 1.54) is 4.88 Å². The lowest BCUT2D eigenvalue weighted by molar-refractivity contribution is -0.0592. The Hall–Kier alpha value is -4.12. The SMILES string of the molecule is O=C(O)c1ccc2nc(CN3CCC(c4cccc(OCc5ccc(-c6ccncc6)s5)n4)CC3)n(C[C@@H]3CCO3)c2c1. The van der Waals surface area contributed by atoms with E-state index >= 15 is 0 Å². The number of aromatic nitrogens is 4. The summed E-state index contributed by atoms with van der Waals surface area (Å²) in [4.78, 5) is 30.3. The highest BCUT2D eigenvalue weighted by Gasteiger charge is 2.26. The quantitative estimate of drug-likeness (QED) is 0.210. The maximum absolute atomic E-state index is 11.6. The maximum Gasteiger partial charge on any atom is 0.335 e. The fourth-order valence-corrected chi connectivity index (χ4v) is 6.79. The van der Waals surface area contributed by atoms with Gasteiger partial charge in [0.05, 0.1) is 35.8 Å². The van der Waals surface area contributed by atoms with Crippen LogP contribution in [0.2, 0.25) is 0 Å². The highest BCUT2D eigenvalue weighted by Crippen LogP contribution is 2.31. The van der Waals surface area contributed by atoms with Crippen LogP contribution >= 0.6 is 11.3 Å². The van der Waals surface area contributed by atoms with Crippen molar-refractivity contribution in [1.29, 1.82) is 0 Å². The van der Waals surface area contributed by atoms with Crippen molar-refractivity contribution in [2.24, 2.45) is 0 Å². The number of rotatable bonds is 10. The zero-order valence-corrected chi connectivity index (χ0v) is 24.6. The standard InChI is InChI=1S/C33H33N5O4S/c39-33(40)24-4-6-28-29(18-24)38(19-25-12-17-41-25)31(35-28)20-37-15-10-22(11-16-37)27-2-1-3-32(36-27)42-21-26-5-7-30(43-26)23-8-13-34-14-9-23/h1-9,13-14,18,22,25H,10-12,15-17,19-21H2,(H,39,40)/t25-/m0/s1. The topological polar surface area (TPSA) is 103 Å². The normalized spacial score (nSPS) is 17.6. The second kappa shape index (κ2) is 12.2. The van der Waals surface area contributed by atoms with Crippen molar-refractivity contribution in [2.45, 2.75) is 51.0 Å². The summed E-state index contributed by atoms with van der Waals surface area (Å²) in [5.41, 5.74) is 4.20. The molecule has 6 heterocycles. The van der Waals surface area contributed by atoms with Crippen LogP contribution in [-0.4, -0.2) is 61.3 Å². The molecular formula is C33H33N5O4S. The molecule has 0 radical (unpaired) electrons. The molecule has 0 bridgehead atoms. The lowest BCUT2D eigenvalue weighted by atomic mass is 9.93. The van der Waals surface area contributed by atoms with Gasteiger partial charge in [0.25, 0.3) is 0 Å². The van der Waals surface area contributed by atoms with Crippen molar-refractivity contribution in [2.75, 3.05) is 19.7 Å². The van der Waals surface area contributed by atoms with Crippen molar-refractivity contribution < 1.29 is 19.4 Å². The van der Waals surface area contributed by atoms with Gasteiger partial charge >= 0.3 is 5.97 Å².